The molecular weight excluding hydrogens is 456 g/mol. The van der Waals surface area contributed by atoms with Gasteiger partial charge in [0.2, 0.25) is 0 Å². The summed E-state index contributed by atoms with van der Waals surface area (Å²) in [5, 5.41) is 0. The van der Waals surface area contributed by atoms with Crippen molar-refractivity contribution in [2.45, 2.75) is 0 Å². The number of hydrogen-bond acceptors (Lipinski definition) is 4. The summed E-state index contributed by atoms with van der Waals surface area (Å²) in [5.41, 5.74) is 2.69. The zero-order chi connectivity index (χ0) is 21.9. The molecule has 0 aliphatic heterocycles. The minimum absolute atomic E-state index is 0.132. The Balaban J connectivity index is 1.57. The quantitative estimate of drug-likeness (QED) is 0.392. The maximum atomic E-state index is 11.1. The smallest absolute Gasteiger partial charge is 0.343 e. The number of halogens is 1. The maximum absolute atomic E-state index is 11.1. The molecule has 0 aliphatic carbocycles. The lowest BCUT2D eigenvalue weighted by atomic mass is 10.1. The Morgan fingerprint density at radius 1 is 0.806 bits per heavy atom. The number of ether oxygens (including phenoxy) is 3. The van der Waals surface area contributed by atoms with Crippen LogP contribution in [0.25, 0.3) is 0 Å². The van der Waals surface area contributed by atoms with Gasteiger partial charge in [0.15, 0.2) is 6.61 Å². The predicted octanol–water partition coefficient (Wildman–Crippen LogP) is 4.83. The highest BCUT2D eigenvalue weighted by molar-refractivity contribution is 9.10. The van der Waals surface area contributed by atoms with E-state index in [9.17, 15) is 4.79 Å². The van der Waals surface area contributed by atoms with Gasteiger partial charge in [0, 0.05) is 21.2 Å². The lowest BCUT2D eigenvalue weighted by Crippen LogP contribution is -2.12. The second-order valence-electron chi connectivity index (χ2n) is 6.27. The van der Waals surface area contributed by atoms with Gasteiger partial charge in [0.1, 0.15) is 18.1 Å². The van der Waals surface area contributed by atoms with Crippen molar-refractivity contribution in [1.29, 1.82) is 0 Å². The fourth-order valence-corrected chi connectivity index (χ4v) is 2.98. The largest absolute Gasteiger partial charge is 0.482 e. The molecule has 0 saturated carbocycles. The van der Waals surface area contributed by atoms with E-state index >= 15 is 0 Å². The number of rotatable bonds is 5. The molecule has 0 saturated heterocycles. The first-order valence-corrected chi connectivity index (χ1v) is 10.2. The molecule has 3 aromatic rings. The summed E-state index contributed by atoms with van der Waals surface area (Å²) in [5.74, 6) is 13.2. The average Bonchev–Trinajstić information content (AvgIpc) is 2.80. The predicted molar refractivity (Wildman–Crippen MR) is 123 cm³/mol. The summed E-state index contributed by atoms with van der Waals surface area (Å²) in [7, 11) is 1.32. The van der Waals surface area contributed by atoms with Crippen LogP contribution in [0.5, 0.6) is 11.5 Å². The molecule has 31 heavy (non-hydrogen) atoms. The van der Waals surface area contributed by atoms with Gasteiger partial charge in [-0.25, -0.2) is 4.79 Å². The molecule has 0 bridgehead atoms. The highest BCUT2D eigenvalue weighted by Gasteiger charge is 2.02. The van der Waals surface area contributed by atoms with Crippen molar-refractivity contribution in [3.05, 3.63) is 94.0 Å². The maximum Gasteiger partial charge on any atom is 0.343 e. The summed E-state index contributed by atoms with van der Waals surface area (Å²) < 4.78 is 16.4. The Morgan fingerprint density at radius 3 is 2.10 bits per heavy atom. The zero-order valence-electron chi connectivity index (χ0n) is 16.9. The second-order valence-corrected chi connectivity index (χ2v) is 7.19. The Labute approximate surface area is 190 Å². The molecule has 3 rings (SSSR count). The van der Waals surface area contributed by atoms with Crippen molar-refractivity contribution in [2.24, 2.45) is 0 Å². The molecule has 0 aliphatic rings. The second kappa shape index (κ2) is 11.5. The average molecular weight is 475 g/mol. The number of esters is 1. The molecule has 4 nitrogen and oxygen atoms in total. The number of methoxy groups -OCH3 is 1. The first-order chi connectivity index (χ1) is 15.1. The molecule has 154 valence electrons. The zero-order valence-corrected chi connectivity index (χ0v) is 18.4. The van der Waals surface area contributed by atoms with Crippen molar-refractivity contribution in [2.75, 3.05) is 20.3 Å². The first kappa shape index (κ1) is 22.0. The molecule has 0 aromatic heterocycles. The molecule has 3 aromatic carbocycles. The molecule has 0 amide bonds. The van der Waals surface area contributed by atoms with Gasteiger partial charge in [-0.1, -0.05) is 57.8 Å². The summed E-state index contributed by atoms with van der Waals surface area (Å²) >= 11 is 3.51. The molecule has 0 radical (unpaired) electrons. The van der Waals surface area contributed by atoms with Crippen molar-refractivity contribution in [3.8, 4) is 35.2 Å². The van der Waals surface area contributed by atoms with E-state index in [2.05, 4.69) is 44.3 Å². The number of carbonyl (C=O) groups is 1. The van der Waals surface area contributed by atoms with Gasteiger partial charge in [-0.05, 0) is 54.6 Å². The van der Waals surface area contributed by atoms with Gasteiger partial charge in [-0.15, -0.1) is 0 Å². The highest BCUT2D eigenvalue weighted by Crippen LogP contribution is 2.18. The van der Waals surface area contributed by atoms with Gasteiger partial charge < -0.3 is 14.2 Å². The third-order valence-electron chi connectivity index (χ3n) is 3.97. The van der Waals surface area contributed by atoms with Crippen LogP contribution in [0.2, 0.25) is 0 Å². The SMILES string of the molecule is COC(=O)COc1ccc(OCC#Cc2cc(Br)cc(C#Cc3ccccc3)c2)cc1. The number of carbonyl (C=O) groups excluding carboxylic acids is 1. The van der Waals surface area contributed by atoms with E-state index in [4.69, 9.17) is 9.47 Å². The molecule has 0 atom stereocenters. The minimum Gasteiger partial charge on any atom is -0.482 e. The lowest BCUT2D eigenvalue weighted by Gasteiger charge is -2.06. The normalized spacial score (nSPS) is 9.48. The van der Waals surface area contributed by atoms with Crippen LogP contribution in [-0.4, -0.2) is 26.3 Å². The minimum atomic E-state index is -0.433. The lowest BCUT2D eigenvalue weighted by molar-refractivity contribution is -0.142. The third kappa shape index (κ3) is 7.59. The van der Waals surface area contributed by atoms with Gasteiger partial charge in [0.25, 0.3) is 0 Å². The summed E-state index contributed by atoms with van der Waals surface area (Å²) in [6.07, 6.45) is 0. The van der Waals surface area contributed by atoms with Gasteiger partial charge >= 0.3 is 5.97 Å². The van der Waals surface area contributed by atoms with Crippen LogP contribution in [0.1, 0.15) is 16.7 Å². The molecule has 0 fully saturated rings. The van der Waals surface area contributed by atoms with Gasteiger partial charge in [-0.3, -0.25) is 0 Å². The van der Waals surface area contributed by atoms with Crippen LogP contribution in [0.4, 0.5) is 0 Å². The van der Waals surface area contributed by atoms with Crippen LogP contribution < -0.4 is 9.47 Å². The molecule has 5 heteroatoms. The van der Waals surface area contributed by atoms with Crippen LogP contribution in [0.15, 0.2) is 77.3 Å². The topological polar surface area (TPSA) is 44.8 Å². The van der Waals surface area contributed by atoms with Crippen LogP contribution in [0, 0.1) is 23.7 Å². The standard InChI is InChI=1S/C26H19BrO4/c1-29-26(28)19-31-25-13-11-24(12-14-25)30-15-5-8-21-16-22(18-23(27)17-21)10-9-20-6-3-2-4-7-20/h2-4,6-7,11-14,16-18H,15,19H2,1H3. The van der Waals surface area contributed by atoms with Crippen LogP contribution in [0.3, 0.4) is 0 Å². The summed E-state index contributed by atoms with van der Waals surface area (Å²) in [6, 6.07) is 22.6. The third-order valence-corrected chi connectivity index (χ3v) is 4.43. The summed E-state index contributed by atoms with van der Waals surface area (Å²) in [6.45, 7) is 0.104. The van der Waals surface area contributed by atoms with E-state index in [1.165, 1.54) is 7.11 Å². The highest BCUT2D eigenvalue weighted by atomic mass is 79.9. The van der Waals surface area contributed by atoms with E-state index < -0.39 is 5.97 Å². The van der Waals surface area contributed by atoms with E-state index in [-0.39, 0.29) is 13.2 Å². The van der Waals surface area contributed by atoms with Crippen molar-refractivity contribution < 1.29 is 19.0 Å². The van der Waals surface area contributed by atoms with Crippen molar-refractivity contribution >= 4 is 21.9 Å². The first-order valence-electron chi connectivity index (χ1n) is 9.41. The van der Waals surface area contributed by atoms with E-state index in [0.29, 0.717) is 11.5 Å². The molecular formula is C26H19BrO4. The Morgan fingerprint density at radius 2 is 1.42 bits per heavy atom. The Hall–Kier alpha value is -3.67. The molecule has 0 spiro atoms. The number of benzene rings is 3. The Bertz CT molecular complexity index is 1150. The molecule has 0 heterocycles. The van der Waals surface area contributed by atoms with E-state index in [1.807, 2.05) is 48.5 Å². The van der Waals surface area contributed by atoms with Gasteiger partial charge in [0.05, 0.1) is 7.11 Å². The fraction of sp³-hybridized carbons (Fsp3) is 0.115. The Kier molecular flexibility index (Phi) is 8.17. The van der Waals surface area contributed by atoms with E-state index in [1.54, 1.807) is 24.3 Å². The van der Waals surface area contributed by atoms with Crippen molar-refractivity contribution in [3.63, 3.8) is 0 Å². The molecule has 0 N–H and O–H groups in total. The van der Waals surface area contributed by atoms with Gasteiger partial charge in [-0.2, -0.15) is 0 Å². The van der Waals surface area contributed by atoms with Crippen molar-refractivity contribution in [1.82, 2.24) is 0 Å². The number of hydrogen-bond donors (Lipinski definition) is 0. The van der Waals surface area contributed by atoms with Crippen LogP contribution >= 0.6 is 15.9 Å². The van der Waals surface area contributed by atoms with Crippen LogP contribution in [-0.2, 0) is 9.53 Å². The van der Waals surface area contributed by atoms with E-state index in [0.717, 1.165) is 21.2 Å². The monoisotopic (exact) mass is 474 g/mol. The molecule has 0 unspecified atom stereocenters. The fourth-order valence-electron chi connectivity index (χ4n) is 2.49. The summed E-state index contributed by atoms with van der Waals surface area (Å²) in [4.78, 5) is 11.1.